The number of aromatic nitrogens is 2. The Morgan fingerprint density at radius 1 is 0.573 bits per heavy atom. The Labute approximate surface area is 499 Å². The van der Waals surface area contributed by atoms with E-state index in [0.29, 0.717) is 5.56 Å². The maximum atomic E-state index is 12.8. The molecule has 0 bridgehead atoms. The smallest absolute Gasteiger partial charge is 0.327 e. The molecule has 89 heavy (non-hydrogen) atoms. The fourth-order valence-electron chi connectivity index (χ4n) is 8.19. The number of aliphatic hydroxyl groups is 3. The number of phosphoric ester groups is 1. The van der Waals surface area contributed by atoms with Crippen LogP contribution in [0.1, 0.15) is 95.1 Å². The number of carboxylic acid groups (broad SMARTS) is 7. The number of nitrogens with one attached hydrogen (secondary N) is 8. The van der Waals surface area contributed by atoms with Crippen molar-refractivity contribution in [1.82, 2.24) is 41.9 Å². The van der Waals surface area contributed by atoms with Crippen molar-refractivity contribution in [2.45, 2.75) is 151 Å². The van der Waals surface area contributed by atoms with E-state index in [0.717, 1.165) is 11.8 Å². The first-order chi connectivity index (χ1) is 41.5. The van der Waals surface area contributed by atoms with Crippen LogP contribution in [0.4, 0.5) is 11.5 Å². The van der Waals surface area contributed by atoms with Crippen LogP contribution in [-0.2, 0) is 82.4 Å². The Morgan fingerprint density at radius 2 is 0.944 bits per heavy atom. The van der Waals surface area contributed by atoms with E-state index in [4.69, 9.17) is 0 Å². The van der Waals surface area contributed by atoms with Gasteiger partial charge in [0.2, 0.25) is 35.4 Å². The van der Waals surface area contributed by atoms with E-state index in [2.05, 4.69) is 14.0 Å². The molecule has 492 valence electrons. The fourth-order valence-corrected chi connectivity index (χ4v) is 9.07. The van der Waals surface area contributed by atoms with Crippen LogP contribution in [-0.4, -0.2) is 181 Å². The minimum absolute atomic E-state index is 0.0208. The molecule has 1 aliphatic rings. The predicted octanol–water partition coefficient (Wildman–Crippen LogP) is -15.4. The molecule has 0 radical (unpaired) electrons. The Kier molecular flexibility index (Phi) is 28.4. The molecule has 2 heterocycles. The van der Waals surface area contributed by atoms with E-state index < -0.39 is 247 Å². The van der Waals surface area contributed by atoms with Crippen LogP contribution in [0.15, 0.2) is 27.8 Å². The minimum atomic E-state index is -5.66. The Hall–Kier alpha value is -9.40. The normalized spacial score (nSPS) is 15.7. The molecule has 0 saturated heterocycles. The summed E-state index contributed by atoms with van der Waals surface area (Å²) < 4.78 is 21.7. The molecule has 11 atom stereocenters. The van der Waals surface area contributed by atoms with Crippen molar-refractivity contribution in [3.63, 3.8) is 0 Å². The van der Waals surface area contributed by atoms with Crippen molar-refractivity contribution >= 4 is 96.6 Å². The summed E-state index contributed by atoms with van der Waals surface area (Å²) in [5.74, 6) is -21.4. The van der Waals surface area contributed by atoms with Crippen LogP contribution in [0, 0.1) is 0 Å². The molecule has 3 rings (SSSR count). The second kappa shape index (κ2) is 34.2. The number of amides is 6. The number of aromatic hydroxyl groups is 1. The highest BCUT2D eigenvalue weighted by Crippen LogP contribution is 2.41. The molecular formula is C49H58N9O30P-8. The molecule has 1 aliphatic heterocycles. The molecule has 1 unspecified atom stereocenters. The van der Waals surface area contributed by atoms with Crippen LogP contribution in [0.2, 0.25) is 0 Å². The van der Waals surface area contributed by atoms with Crippen LogP contribution >= 0.6 is 7.82 Å². The summed E-state index contributed by atoms with van der Waals surface area (Å²) in [5, 5.41) is 134. The molecule has 2 aromatic rings. The fraction of sp³-hybridized carbons (Fsp3) is 0.531. The van der Waals surface area contributed by atoms with Gasteiger partial charge in [-0.15, -0.1) is 0 Å². The molecule has 12 N–H and O–H groups in total. The summed E-state index contributed by atoms with van der Waals surface area (Å²) >= 11 is 0. The van der Waals surface area contributed by atoms with E-state index in [1.807, 2.05) is 31.6 Å². The van der Waals surface area contributed by atoms with Gasteiger partial charge in [0.15, 0.2) is 0 Å². The molecule has 1 aromatic heterocycles. The average molecular weight is 1280 g/mol. The highest BCUT2D eigenvalue weighted by molar-refractivity contribution is 7.45. The highest BCUT2D eigenvalue weighted by atomic mass is 31.2. The number of rotatable bonds is 40. The molecular weight excluding hydrogens is 1230 g/mol. The standard InChI is InChI=1S/C49H66N9O30P/c1-20(88-89(85,86)87-19-32(61)39(69)31(60)18-58-30-17-22(59)3-2-21(30)16-23-40(58)56-49(84)57-42(23)71)41(70)55-29(48(82)83)8-14-37(66)53-27(46(78)79)6-12-35(64)51-25(44(74)75)4-10-33(62)50-24(43(72)73)5-11-34(63)52-26(45(76)77)7-13-36(65)54-28(47(80)81)9-15-38(67)68/h2-3,17,20,24-29,31-32,39,59-61,69H,4-16,18-19H2,1H3,(H,50,62)(H,51,64)(H,52,63)(H,53,66)(H,54,65)(H,55,70)(H,67,68)(H,72,73)(H,74,75)(H,76,77)(H,78,79)(H,80,81)(H,82,83)(H,85,86)(H2,56,57,71,84)/p-8/t20-,24-,25-,26-,27-,28-,29-,31-,32+,39-/m0/s1. The molecule has 6 amide bonds. The van der Waals surface area contributed by atoms with E-state index >= 15 is 0 Å². The number of phenolic OH excluding ortho intramolecular Hbond substituents is 1. The summed E-state index contributed by atoms with van der Waals surface area (Å²) in [6.45, 7) is -1.25. The number of β-amino-alcohol motifs (C(OH)–C–C–N with tert-alkyl or cyclic N) is 1. The largest absolute Gasteiger partial charge is 0.756 e. The van der Waals surface area contributed by atoms with Crippen molar-refractivity contribution in [3.8, 4) is 5.75 Å². The van der Waals surface area contributed by atoms with Gasteiger partial charge in [0.1, 0.15) is 36.0 Å². The molecule has 0 aliphatic carbocycles. The van der Waals surface area contributed by atoms with E-state index in [9.17, 15) is 138 Å². The molecule has 39 nitrogen and oxygen atoms in total. The number of aromatic amines is 2. The van der Waals surface area contributed by atoms with Gasteiger partial charge in [0.25, 0.3) is 13.4 Å². The van der Waals surface area contributed by atoms with Gasteiger partial charge in [-0.05, 0) is 63.5 Å². The zero-order valence-electron chi connectivity index (χ0n) is 46.4. The van der Waals surface area contributed by atoms with Crippen molar-refractivity contribution in [1.29, 1.82) is 0 Å². The highest BCUT2D eigenvalue weighted by Gasteiger charge is 2.34. The molecule has 40 heteroatoms. The summed E-state index contributed by atoms with van der Waals surface area (Å²) in [6, 6.07) is -7.91. The van der Waals surface area contributed by atoms with Crippen molar-refractivity contribution < 1.29 is 137 Å². The number of aliphatic carboxylic acids is 7. The zero-order valence-corrected chi connectivity index (χ0v) is 47.3. The van der Waals surface area contributed by atoms with Gasteiger partial charge in [-0.1, -0.05) is 6.07 Å². The molecule has 1 aromatic carbocycles. The third-order valence-electron chi connectivity index (χ3n) is 12.9. The summed E-state index contributed by atoms with van der Waals surface area (Å²) in [4.78, 5) is 199. The van der Waals surface area contributed by atoms with Gasteiger partial charge in [-0.25, -0.2) is 4.79 Å². The lowest BCUT2D eigenvalue weighted by atomic mass is 9.97. The Balaban J connectivity index is 1.45. The third kappa shape index (κ3) is 24.7. The van der Waals surface area contributed by atoms with Crippen molar-refractivity contribution in [2.24, 2.45) is 0 Å². The number of H-pyrrole nitrogens is 2. The van der Waals surface area contributed by atoms with Gasteiger partial charge in [0.05, 0.1) is 90.8 Å². The minimum Gasteiger partial charge on any atom is -0.756 e. The second-order valence-corrected chi connectivity index (χ2v) is 21.0. The summed E-state index contributed by atoms with van der Waals surface area (Å²) in [6.07, 6.45) is -18.3. The van der Waals surface area contributed by atoms with E-state index in [1.54, 1.807) is 5.32 Å². The number of anilines is 2. The molecule has 0 spiro atoms. The van der Waals surface area contributed by atoms with Gasteiger partial charge < -0.3 is 140 Å². The van der Waals surface area contributed by atoms with Crippen LogP contribution in [0.25, 0.3) is 0 Å². The number of benzene rings is 1. The predicted molar refractivity (Wildman–Crippen MR) is 270 cm³/mol. The lowest BCUT2D eigenvalue weighted by molar-refractivity contribution is -0.311. The van der Waals surface area contributed by atoms with Crippen LogP contribution in [0.5, 0.6) is 5.75 Å². The van der Waals surface area contributed by atoms with Gasteiger partial charge in [-0.2, -0.15) is 0 Å². The van der Waals surface area contributed by atoms with Gasteiger partial charge in [0, 0.05) is 56.2 Å². The average Bonchev–Trinajstić information content (AvgIpc) is 1.39. The van der Waals surface area contributed by atoms with Crippen molar-refractivity contribution in [3.05, 3.63) is 50.2 Å². The number of hydrogen-bond donors (Lipinski definition) is 12. The van der Waals surface area contributed by atoms with E-state index in [1.165, 1.54) is 18.2 Å². The van der Waals surface area contributed by atoms with Crippen molar-refractivity contribution in [2.75, 3.05) is 18.1 Å². The maximum Gasteiger partial charge on any atom is 0.327 e. The number of phosphoric acid groups is 1. The first kappa shape index (κ1) is 73.9. The Morgan fingerprint density at radius 3 is 1.31 bits per heavy atom. The number of fused-ring (bicyclic) bond motifs is 2. The SMILES string of the molecule is C[C@H](OP(=O)([O-])OC[C@@H](O)[C@@H](O)[C@@H](O)CN1c2cc(O)ccc2Cc2c1[nH]c(=O)[nH]c2=O)C(=O)N[C@@H](CCC(=O)N[C@@H](CCC(=O)N[C@@H](CCC(=O)N[C@@H](CCC(=O)N[C@@H](CCC(=O)N[C@@H](CCC(=O)[O-])C(=O)[O-])C(=O)[O-])C(=O)[O-])C(=O)[O-])C(=O)[O-])C(=O)[O-]. The number of aliphatic hydroxyl groups excluding tert-OH is 3. The number of carbonyl (C=O) groups is 13. The first-order valence-corrected chi connectivity index (χ1v) is 27.8. The van der Waals surface area contributed by atoms with Crippen LogP contribution in [0.3, 0.4) is 0 Å². The maximum absolute atomic E-state index is 12.8. The first-order valence-electron chi connectivity index (χ1n) is 26.3. The number of carbonyl (C=O) groups excluding carboxylic acids is 13. The second-order valence-electron chi connectivity index (χ2n) is 19.6. The van der Waals surface area contributed by atoms with Gasteiger partial charge >= 0.3 is 5.69 Å². The van der Waals surface area contributed by atoms with Crippen LogP contribution < -0.4 is 88.7 Å². The third-order valence-corrected chi connectivity index (χ3v) is 13.9. The molecule has 0 saturated carbocycles. The topological polar surface area (TPSA) is 664 Å². The lowest BCUT2D eigenvalue weighted by Gasteiger charge is -2.35. The monoisotopic (exact) mass is 1280 g/mol. The number of carboxylic acids is 7. The van der Waals surface area contributed by atoms with E-state index in [-0.39, 0.29) is 29.2 Å². The molecule has 0 fully saturated rings. The summed E-state index contributed by atoms with van der Waals surface area (Å²) in [5.41, 5.74) is -1.13. The number of nitrogens with zero attached hydrogens (tertiary/aromatic N) is 1. The lowest BCUT2D eigenvalue weighted by Crippen LogP contribution is -2.52. The zero-order chi connectivity index (χ0) is 67.2. The number of phenols is 1. The quantitative estimate of drug-likeness (QED) is 0.0276. The number of hydrogen-bond acceptors (Lipinski definition) is 31. The van der Waals surface area contributed by atoms with Gasteiger partial charge in [-0.3, -0.25) is 48.1 Å². The Bertz CT molecular complexity index is 3150. The summed E-state index contributed by atoms with van der Waals surface area (Å²) in [7, 11) is -5.66.